The number of benzene rings is 3. The van der Waals surface area contributed by atoms with Gasteiger partial charge in [-0.2, -0.15) is 0 Å². The number of carbonyl (C=O) groups is 1. The summed E-state index contributed by atoms with van der Waals surface area (Å²) in [6.07, 6.45) is 0. The Kier molecular flexibility index (Phi) is 7.18. The summed E-state index contributed by atoms with van der Waals surface area (Å²) in [5.74, 6) is 0.317. The van der Waals surface area contributed by atoms with E-state index in [0.29, 0.717) is 21.7 Å². The molecule has 0 saturated carbocycles. The number of nitrogens with one attached hydrogen (secondary N) is 1. The number of hydrogen-bond donors (Lipinski definition) is 1. The van der Waals surface area contributed by atoms with Crippen LogP contribution in [-0.4, -0.2) is 30.8 Å². The molecule has 4 aromatic rings. The second kappa shape index (κ2) is 10.3. The third-order valence-corrected chi connectivity index (χ3v) is 6.60. The van der Waals surface area contributed by atoms with Crippen molar-refractivity contribution in [3.8, 4) is 17.1 Å². The van der Waals surface area contributed by atoms with E-state index >= 15 is 0 Å². The minimum atomic E-state index is -0.568. The van der Waals surface area contributed by atoms with Gasteiger partial charge in [0, 0.05) is 22.7 Å². The Morgan fingerprint density at radius 2 is 1.86 bits per heavy atom. The molecular formula is C25H22ClN5O3S. The molecule has 0 bridgehead atoms. The van der Waals surface area contributed by atoms with Crippen molar-refractivity contribution in [2.45, 2.75) is 31.2 Å². The van der Waals surface area contributed by atoms with Gasteiger partial charge in [-0.1, -0.05) is 59.3 Å². The van der Waals surface area contributed by atoms with Crippen molar-refractivity contribution in [1.82, 2.24) is 14.8 Å². The average molecular weight is 508 g/mol. The molecule has 8 nitrogen and oxygen atoms in total. The van der Waals surface area contributed by atoms with Gasteiger partial charge >= 0.3 is 0 Å². The van der Waals surface area contributed by atoms with E-state index in [4.69, 9.17) is 11.6 Å². The van der Waals surface area contributed by atoms with Crippen LogP contribution in [-0.2, 0) is 4.79 Å². The quantitative estimate of drug-likeness (QED) is 0.180. The van der Waals surface area contributed by atoms with Crippen LogP contribution in [0.4, 0.5) is 11.4 Å². The Morgan fingerprint density at radius 3 is 2.57 bits per heavy atom. The lowest BCUT2D eigenvalue weighted by molar-refractivity contribution is -0.384. The average Bonchev–Trinajstić information content (AvgIpc) is 3.23. The van der Waals surface area contributed by atoms with Gasteiger partial charge in [0.1, 0.15) is 0 Å². The van der Waals surface area contributed by atoms with E-state index in [-0.39, 0.29) is 11.6 Å². The van der Waals surface area contributed by atoms with Crippen molar-refractivity contribution in [2.24, 2.45) is 0 Å². The highest BCUT2D eigenvalue weighted by Crippen LogP contribution is 2.32. The van der Waals surface area contributed by atoms with Gasteiger partial charge in [0.15, 0.2) is 11.0 Å². The Balaban J connectivity index is 1.66. The van der Waals surface area contributed by atoms with Crippen molar-refractivity contribution in [3.05, 3.63) is 93.0 Å². The Morgan fingerprint density at radius 1 is 1.09 bits per heavy atom. The van der Waals surface area contributed by atoms with Gasteiger partial charge in [-0.05, 0) is 50.6 Å². The monoisotopic (exact) mass is 507 g/mol. The topological polar surface area (TPSA) is 103 Å². The summed E-state index contributed by atoms with van der Waals surface area (Å²) in [6.45, 7) is 5.53. The van der Waals surface area contributed by atoms with E-state index in [2.05, 4.69) is 15.5 Å². The van der Waals surface area contributed by atoms with E-state index in [0.717, 1.165) is 22.4 Å². The number of non-ortho nitro benzene ring substituents is 1. The molecule has 10 heteroatoms. The maximum absolute atomic E-state index is 13.0. The predicted molar refractivity (Wildman–Crippen MR) is 138 cm³/mol. The first kappa shape index (κ1) is 24.4. The van der Waals surface area contributed by atoms with E-state index in [1.54, 1.807) is 26.0 Å². The Labute approximate surface area is 211 Å². The van der Waals surface area contributed by atoms with Crippen LogP contribution < -0.4 is 5.32 Å². The fourth-order valence-electron chi connectivity index (χ4n) is 3.47. The summed E-state index contributed by atoms with van der Waals surface area (Å²) in [7, 11) is 0. The molecule has 1 N–H and O–H groups in total. The molecule has 4 rings (SSSR count). The molecule has 178 valence electrons. The molecule has 1 aromatic heterocycles. The number of carbonyl (C=O) groups excluding carboxylic acids is 1. The number of nitrogens with zero attached hydrogens (tertiary/aromatic N) is 4. The predicted octanol–water partition coefficient (Wildman–Crippen LogP) is 6.23. The van der Waals surface area contributed by atoms with Crippen LogP contribution in [0.25, 0.3) is 17.1 Å². The van der Waals surface area contributed by atoms with Crippen LogP contribution in [0.2, 0.25) is 5.02 Å². The fraction of sp³-hybridized carbons (Fsp3) is 0.160. The SMILES string of the molecule is Cc1cccc(-c2nnc(S[C@H](C)C(=O)Nc3cc([N+](=O)[O-])ccc3C)n2-c2cccc(Cl)c2)c1. The second-order valence-electron chi connectivity index (χ2n) is 8.00. The number of thioether (sulfide) groups is 1. The van der Waals surface area contributed by atoms with Crippen LogP contribution in [0, 0.1) is 24.0 Å². The van der Waals surface area contributed by atoms with Crippen LogP contribution in [0.3, 0.4) is 0 Å². The molecule has 3 aromatic carbocycles. The van der Waals surface area contributed by atoms with Gasteiger partial charge in [-0.15, -0.1) is 10.2 Å². The summed E-state index contributed by atoms with van der Waals surface area (Å²) in [6, 6.07) is 19.6. The molecule has 35 heavy (non-hydrogen) atoms. The Bertz CT molecular complexity index is 1420. The third-order valence-electron chi connectivity index (χ3n) is 5.32. The van der Waals surface area contributed by atoms with Gasteiger partial charge in [0.05, 0.1) is 21.5 Å². The first-order chi connectivity index (χ1) is 16.7. The highest BCUT2D eigenvalue weighted by atomic mass is 35.5. The lowest BCUT2D eigenvalue weighted by Gasteiger charge is -2.15. The standard InChI is InChI=1S/C25H22ClN5O3S/c1-15-6-4-7-18(12-15)23-28-29-25(30(23)20-9-5-8-19(26)13-20)35-17(3)24(32)27-22-14-21(31(33)34)11-10-16(22)2/h4-14,17H,1-3H3,(H,27,32)/t17-/m1/s1. The maximum atomic E-state index is 13.0. The van der Waals surface area contributed by atoms with Crippen molar-refractivity contribution >= 4 is 40.6 Å². The van der Waals surface area contributed by atoms with Crippen molar-refractivity contribution in [2.75, 3.05) is 5.32 Å². The number of halogens is 1. The molecule has 1 heterocycles. The smallest absolute Gasteiger partial charge is 0.271 e. The van der Waals surface area contributed by atoms with Gasteiger partial charge in [-0.3, -0.25) is 19.5 Å². The van der Waals surface area contributed by atoms with Crippen molar-refractivity contribution in [3.63, 3.8) is 0 Å². The molecule has 0 aliphatic heterocycles. The van der Waals surface area contributed by atoms with Gasteiger partial charge in [0.25, 0.3) is 5.69 Å². The number of anilines is 1. The number of rotatable bonds is 7. The fourth-order valence-corrected chi connectivity index (χ4v) is 4.52. The van der Waals surface area contributed by atoms with E-state index < -0.39 is 10.2 Å². The number of amides is 1. The van der Waals surface area contributed by atoms with Crippen LogP contribution in [0.1, 0.15) is 18.1 Å². The zero-order chi connectivity index (χ0) is 25.1. The molecule has 0 saturated heterocycles. The van der Waals surface area contributed by atoms with Crippen LogP contribution in [0.5, 0.6) is 0 Å². The third kappa shape index (κ3) is 5.52. The number of aryl methyl sites for hydroxylation is 2. The Hall–Kier alpha value is -3.69. The molecule has 0 unspecified atom stereocenters. The highest BCUT2D eigenvalue weighted by molar-refractivity contribution is 8.00. The molecule has 0 aliphatic carbocycles. The van der Waals surface area contributed by atoms with Gasteiger partial charge in [-0.25, -0.2) is 0 Å². The van der Waals surface area contributed by atoms with E-state index in [1.807, 2.05) is 54.0 Å². The van der Waals surface area contributed by atoms with Crippen LogP contribution >= 0.6 is 23.4 Å². The maximum Gasteiger partial charge on any atom is 0.271 e. The van der Waals surface area contributed by atoms with Crippen LogP contribution in [0.15, 0.2) is 71.9 Å². The minimum Gasteiger partial charge on any atom is -0.325 e. The normalized spacial score (nSPS) is 11.8. The van der Waals surface area contributed by atoms with Gasteiger partial charge in [0.2, 0.25) is 5.91 Å². The number of nitro groups is 1. The van der Waals surface area contributed by atoms with E-state index in [9.17, 15) is 14.9 Å². The molecular weight excluding hydrogens is 486 g/mol. The highest BCUT2D eigenvalue weighted by Gasteiger charge is 2.23. The number of nitro benzene ring substituents is 1. The summed E-state index contributed by atoms with van der Waals surface area (Å²) < 4.78 is 1.87. The molecule has 0 fully saturated rings. The van der Waals surface area contributed by atoms with E-state index in [1.165, 1.54) is 23.9 Å². The second-order valence-corrected chi connectivity index (χ2v) is 9.74. The number of hydrogen-bond acceptors (Lipinski definition) is 6. The molecule has 0 radical (unpaired) electrons. The molecule has 0 spiro atoms. The molecule has 1 atom stereocenters. The lowest BCUT2D eigenvalue weighted by atomic mass is 10.1. The van der Waals surface area contributed by atoms with Crippen molar-refractivity contribution < 1.29 is 9.72 Å². The summed E-state index contributed by atoms with van der Waals surface area (Å²) >= 11 is 7.50. The van der Waals surface area contributed by atoms with Gasteiger partial charge < -0.3 is 5.32 Å². The largest absolute Gasteiger partial charge is 0.325 e. The molecule has 1 amide bonds. The summed E-state index contributed by atoms with van der Waals surface area (Å²) in [5, 5.41) is 23.2. The summed E-state index contributed by atoms with van der Waals surface area (Å²) in [5.41, 5.74) is 3.77. The van der Waals surface area contributed by atoms with Crippen molar-refractivity contribution in [1.29, 1.82) is 0 Å². The lowest BCUT2D eigenvalue weighted by Crippen LogP contribution is -2.23. The first-order valence-electron chi connectivity index (χ1n) is 10.7. The zero-order valence-electron chi connectivity index (χ0n) is 19.2. The minimum absolute atomic E-state index is 0.0882. The molecule has 0 aliphatic rings. The summed E-state index contributed by atoms with van der Waals surface area (Å²) in [4.78, 5) is 23.6. The zero-order valence-corrected chi connectivity index (χ0v) is 20.8. The number of aromatic nitrogens is 3. The first-order valence-corrected chi connectivity index (χ1v) is 12.0.